The molecule has 1 heterocycles. The highest BCUT2D eigenvalue weighted by molar-refractivity contribution is 6.32. The quantitative estimate of drug-likeness (QED) is 0.679. The lowest BCUT2D eigenvalue weighted by Crippen LogP contribution is -2.31. The van der Waals surface area contributed by atoms with Crippen LogP contribution in [0, 0.1) is 0 Å². The molecule has 0 N–H and O–H groups in total. The Bertz CT molecular complexity index is 334. The van der Waals surface area contributed by atoms with E-state index in [0.29, 0.717) is 0 Å². The standard InChI is InChI=1S/C16H27ClN2/c1-4-7-10-18-11-8-12-19(14-13-18)16(6-3)15(17)9-5-2/h5-6,9H,2,4,7-8,10-14H2,1,3H3/b15-9+,16-6+. The molecule has 0 spiro atoms. The maximum atomic E-state index is 6.32. The van der Waals surface area contributed by atoms with Gasteiger partial charge in [-0.2, -0.15) is 0 Å². The lowest BCUT2D eigenvalue weighted by atomic mass is 10.3. The zero-order chi connectivity index (χ0) is 14.1. The summed E-state index contributed by atoms with van der Waals surface area (Å²) in [4.78, 5) is 4.97. The summed E-state index contributed by atoms with van der Waals surface area (Å²) >= 11 is 6.32. The third-order valence-electron chi connectivity index (χ3n) is 3.54. The Kier molecular flexibility index (Phi) is 7.92. The Morgan fingerprint density at radius 1 is 1.26 bits per heavy atom. The van der Waals surface area contributed by atoms with Crippen LogP contribution in [-0.2, 0) is 0 Å². The molecule has 1 aliphatic heterocycles. The monoisotopic (exact) mass is 282 g/mol. The van der Waals surface area contributed by atoms with Gasteiger partial charge in [-0.15, -0.1) is 0 Å². The number of hydrogen-bond acceptors (Lipinski definition) is 2. The molecule has 0 aromatic rings. The van der Waals surface area contributed by atoms with Crippen LogP contribution in [0.1, 0.15) is 33.1 Å². The van der Waals surface area contributed by atoms with Crippen molar-refractivity contribution in [2.45, 2.75) is 33.1 Å². The molecular formula is C16H27ClN2. The van der Waals surface area contributed by atoms with Gasteiger partial charge in [-0.3, -0.25) is 0 Å². The molecule has 0 aromatic carbocycles. The van der Waals surface area contributed by atoms with Gasteiger partial charge in [0.05, 0.1) is 10.7 Å². The molecule has 0 radical (unpaired) electrons. The summed E-state index contributed by atoms with van der Waals surface area (Å²) in [5.74, 6) is 0. The molecule has 1 fully saturated rings. The van der Waals surface area contributed by atoms with Crippen molar-refractivity contribution in [2.24, 2.45) is 0 Å². The van der Waals surface area contributed by atoms with E-state index < -0.39 is 0 Å². The summed E-state index contributed by atoms with van der Waals surface area (Å²) in [6.07, 6.45) is 9.50. The van der Waals surface area contributed by atoms with Crippen molar-refractivity contribution in [1.82, 2.24) is 9.80 Å². The van der Waals surface area contributed by atoms with Crippen LogP contribution in [0.4, 0.5) is 0 Å². The van der Waals surface area contributed by atoms with Gasteiger partial charge in [0, 0.05) is 19.6 Å². The normalized spacial score (nSPS) is 19.4. The Hall–Kier alpha value is -0.730. The van der Waals surface area contributed by atoms with Crippen molar-refractivity contribution in [3.8, 4) is 0 Å². The summed E-state index contributed by atoms with van der Waals surface area (Å²) in [7, 11) is 0. The predicted molar refractivity (Wildman–Crippen MR) is 85.4 cm³/mol. The SMILES string of the molecule is C=C/C=C(Cl)\C(=C/C)N1CCCN(CCCC)CC1. The first kappa shape index (κ1) is 16.3. The first-order valence-electron chi connectivity index (χ1n) is 7.35. The highest BCUT2D eigenvalue weighted by atomic mass is 35.5. The lowest BCUT2D eigenvalue weighted by Gasteiger charge is -2.26. The van der Waals surface area contributed by atoms with E-state index >= 15 is 0 Å². The second kappa shape index (κ2) is 9.22. The Balaban J connectivity index is 2.60. The maximum absolute atomic E-state index is 6.32. The fourth-order valence-electron chi connectivity index (χ4n) is 2.48. The van der Waals surface area contributed by atoms with E-state index in [9.17, 15) is 0 Å². The molecular weight excluding hydrogens is 256 g/mol. The smallest absolute Gasteiger partial charge is 0.0635 e. The van der Waals surface area contributed by atoms with Gasteiger partial charge in [-0.25, -0.2) is 0 Å². The maximum Gasteiger partial charge on any atom is 0.0635 e. The summed E-state index contributed by atoms with van der Waals surface area (Å²) in [6, 6.07) is 0. The molecule has 108 valence electrons. The second-order valence-electron chi connectivity index (χ2n) is 4.96. The van der Waals surface area contributed by atoms with E-state index in [1.165, 1.54) is 32.4 Å². The number of halogens is 1. The number of rotatable bonds is 6. The van der Waals surface area contributed by atoms with E-state index in [0.717, 1.165) is 30.4 Å². The van der Waals surface area contributed by atoms with Gasteiger partial charge in [0.15, 0.2) is 0 Å². The van der Waals surface area contributed by atoms with Crippen LogP contribution in [0.2, 0.25) is 0 Å². The van der Waals surface area contributed by atoms with E-state index in [4.69, 9.17) is 11.6 Å². The van der Waals surface area contributed by atoms with Gasteiger partial charge < -0.3 is 9.80 Å². The van der Waals surface area contributed by atoms with Crippen molar-refractivity contribution >= 4 is 11.6 Å². The molecule has 0 atom stereocenters. The van der Waals surface area contributed by atoms with Crippen molar-refractivity contribution in [2.75, 3.05) is 32.7 Å². The fourth-order valence-corrected chi connectivity index (χ4v) is 2.80. The largest absolute Gasteiger partial charge is 0.369 e. The summed E-state index contributed by atoms with van der Waals surface area (Å²) in [5, 5.41) is 0.791. The molecule has 0 unspecified atom stereocenters. The molecule has 3 heteroatoms. The van der Waals surface area contributed by atoms with Crippen LogP contribution >= 0.6 is 11.6 Å². The molecule has 0 bridgehead atoms. The van der Waals surface area contributed by atoms with Crippen LogP contribution in [0.15, 0.2) is 35.5 Å². The van der Waals surface area contributed by atoms with Gasteiger partial charge in [0.25, 0.3) is 0 Å². The van der Waals surface area contributed by atoms with Crippen LogP contribution in [0.3, 0.4) is 0 Å². The number of nitrogens with zero attached hydrogens (tertiary/aromatic N) is 2. The summed E-state index contributed by atoms with van der Waals surface area (Å²) in [5.41, 5.74) is 1.14. The predicted octanol–water partition coefficient (Wildman–Crippen LogP) is 4.01. The van der Waals surface area contributed by atoms with Gasteiger partial charge in [0.1, 0.15) is 0 Å². The third kappa shape index (κ3) is 5.42. The average Bonchev–Trinajstić information content (AvgIpc) is 2.63. The second-order valence-corrected chi connectivity index (χ2v) is 5.37. The molecule has 0 amide bonds. The minimum absolute atomic E-state index is 0.791. The molecule has 0 saturated carbocycles. The zero-order valence-electron chi connectivity index (χ0n) is 12.4. The van der Waals surface area contributed by atoms with E-state index in [-0.39, 0.29) is 0 Å². The third-order valence-corrected chi connectivity index (χ3v) is 3.86. The van der Waals surface area contributed by atoms with Crippen LogP contribution in [0.25, 0.3) is 0 Å². The highest BCUT2D eigenvalue weighted by Crippen LogP contribution is 2.21. The molecule has 0 aromatic heterocycles. The lowest BCUT2D eigenvalue weighted by molar-refractivity contribution is 0.275. The Labute approximate surface area is 123 Å². The van der Waals surface area contributed by atoms with Gasteiger partial charge >= 0.3 is 0 Å². The Morgan fingerprint density at radius 2 is 2.05 bits per heavy atom. The summed E-state index contributed by atoms with van der Waals surface area (Å²) < 4.78 is 0. The molecule has 1 aliphatic rings. The first-order chi connectivity index (χ1) is 9.22. The minimum atomic E-state index is 0.791. The van der Waals surface area contributed by atoms with Crippen molar-refractivity contribution in [3.63, 3.8) is 0 Å². The van der Waals surface area contributed by atoms with Crippen molar-refractivity contribution in [1.29, 1.82) is 0 Å². The number of allylic oxidation sites excluding steroid dienone is 4. The topological polar surface area (TPSA) is 6.48 Å². The molecule has 0 aliphatic carbocycles. The highest BCUT2D eigenvalue weighted by Gasteiger charge is 2.17. The zero-order valence-corrected chi connectivity index (χ0v) is 13.1. The molecule has 1 saturated heterocycles. The van der Waals surface area contributed by atoms with Crippen LogP contribution in [-0.4, -0.2) is 42.5 Å². The molecule has 19 heavy (non-hydrogen) atoms. The first-order valence-corrected chi connectivity index (χ1v) is 7.73. The summed E-state index contributed by atoms with van der Waals surface area (Å²) in [6.45, 7) is 13.7. The Morgan fingerprint density at radius 3 is 2.68 bits per heavy atom. The number of hydrogen-bond donors (Lipinski definition) is 0. The van der Waals surface area contributed by atoms with E-state index in [1.54, 1.807) is 6.08 Å². The molecule has 2 nitrogen and oxygen atoms in total. The van der Waals surface area contributed by atoms with E-state index in [1.807, 2.05) is 13.0 Å². The van der Waals surface area contributed by atoms with E-state index in [2.05, 4.69) is 29.4 Å². The minimum Gasteiger partial charge on any atom is -0.369 e. The van der Waals surface area contributed by atoms with Crippen LogP contribution in [0.5, 0.6) is 0 Å². The molecule has 1 rings (SSSR count). The van der Waals surface area contributed by atoms with Gasteiger partial charge in [0.2, 0.25) is 0 Å². The van der Waals surface area contributed by atoms with Gasteiger partial charge in [-0.1, -0.05) is 43.7 Å². The fraction of sp³-hybridized carbons (Fsp3) is 0.625. The van der Waals surface area contributed by atoms with Crippen LogP contribution < -0.4 is 0 Å². The number of unbranched alkanes of at least 4 members (excludes halogenated alkanes) is 1. The average molecular weight is 283 g/mol. The van der Waals surface area contributed by atoms with Crippen molar-refractivity contribution < 1.29 is 0 Å². The van der Waals surface area contributed by atoms with Crippen molar-refractivity contribution in [3.05, 3.63) is 35.5 Å². The van der Waals surface area contributed by atoms with Gasteiger partial charge in [-0.05, 0) is 38.9 Å².